The summed E-state index contributed by atoms with van der Waals surface area (Å²) in [4.78, 5) is 14.3. The second-order valence-corrected chi connectivity index (χ2v) is 6.24. The summed E-state index contributed by atoms with van der Waals surface area (Å²) in [6, 6.07) is 7.67. The first-order valence-corrected chi connectivity index (χ1v) is 7.79. The molecule has 114 valence electrons. The molecule has 0 fully saturated rings. The Morgan fingerprint density at radius 3 is 2.68 bits per heavy atom. The number of halogens is 2. The Bertz CT molecular complexity index is 736. The maximum Gasteiger partial charge on any atom is 0.274 e. The molecule has 1 amide bonds. The van der Waals surface area contributed by atoms with Crippen molar-refractivity contribution in [2.75, 3.05) is 13.1 Å². The molecule has 0 bridgehead atoms. The second-order valence-electron chi connectivity index (χ2n) is 5.28. The number of carbonyl (C=O) groups is 1. The van der Waals surface area contributed by atoms with Crippen LogP contribution in [0.4, 0.5) is 4.39 Å². The van der Waals surface area contributed by atoms with Gasteiger partial charge in [-0.15, -0.1) is 0 Å². The predicted octanol–water partition coefficient (Wildman–Crippen LogP) is 3.53. The molecule has 3 rings (SSSR count). The Hall–Kier alpha value is -1.95. The zero-order chi connectivity index (χ0) is 15.7. The fourth-order valence-corrected chi connectivity index (χ4v) is 2.83. The number of benzene rings is 1. The highest BCUT2D eigenvalue weighted by molar-refractivity contribution is 9.11. The van der Waals surface area contributed by atoms with Crippen molar-refractivity contribution in [3.8, 4) is 5.69 Å². The molecule has 6 heteroatoms. The third kappa shape index (κ3) is 2.97. The van der Waals surface area contributed by atoms with Crippen LogP contribution in [0.15, 0.2) is 46.6 Å². The summed E-state index contributed by atoms with van der Waals surface area (Å²) in [5, 5.41) is 4.30. The normalized spacial score (nSPS) is 15.3. The number of hydrogen-bond donors (Lipinski definition) is 0. The number of rotatable bonds is 2. The molecular weight excluding hydrogens is 349 g/mol. The van der Waals surface area contributed by atoms with Crippen LogP contribution in [0.25, 0.3) is 5.69 Å². The Labute approximate surface area is 136 Å². The first kappa shape index (κ1) is 15.0. The molecule has 0 saturated carbocycles. The molecular formula is C16H15BrFN3O. The van der Waals surface area contributed by atoms with Crippen molar-refractivity contribution in [3.05, 3.63) is 58.1 Å². The van der Waals surface area contributed by atoms with E-state index in [0.717, 1.165) is 16.6 Å². The summed E-state index contributed by atoms with van der Waals surface area (Å²) >= 11 is 3.51. The van der Waals surface area contributed by atoms with Crippen molar-refractivity contribution < 1.29 is 9.18 Å². The van der Waals surface area contributed by atoms with Gasteiger partial charge in [0.2, 0.25) is 0 Å². The number of carbonyl (C=O) groups excluding carboxylic acids is 1. The average Bonchev–Trinajstić information content (AvgIpc) is 3.00. The van der Waals surface area contributed by atoms with Gasteiger partial charge in [-0.05, 0) is 43.7 Å². The van der Waals surface area contributed by atoms with Gasteiger partial charge in [-0.25, -0.2) is 9.07 Å². The van der Waals surface area contributed by atoms with E-state index in [0.29, 0.717) is 18.8 Å². The van der Waals surface area contributed by atoms with Gasteiger partial charge in [0.25, 0.3) is 5.91 Å². The van der Waals surface area contributed by atoms with Crippen LogP contribution < -0.4 is 0 Å². The van der Waals surface area contributed by atoms with Crippen LogP contribution in [0.3, 0.4) is 0 Å². The summed E-state index contributed by atoms with van der Waals surface area (Å²) in [7, 11) is 0. The molecule has 0 N–H and O–H groups in total. The molecule has 0 atom stereocenters. The van der Waals surface area contributed by atoms with Crippen LogP contribution in [0.2, 0.25) is 0 Å². The van der Waals surface area contributed by atoms with Crippen molar-refractivity contribution in [3.63, 3.8) is 0 Å². The van der Waals surface area contributed by atoms with Gasteiger partial charge >= 0.3 is 0 Å². The van der Waals surface area contributed by atoms with E-state index in [-0.39, 0.29) is 11.7 Å². The van der Waals surface area contributed by atoms with Crippen molar-refractivity contribution in [1.82, 2.24) is 14.7 Å². The lowest BCUT2D eigenvalue weighted by atomic mass is 10.1. The van der Waals surface area contributed by atoms with Gasteiger partial charge in [-0.1, -0.05) is 21.5 Å². The highest BCUT2D eigenvalue weighted by Crippen LogP contribution is 2.23. The van der Waals surface area contributed by atoms with Crippen molar-refractivity contribution in [2.45, 2.75) is 13.3 Å². The third-order valence-corrected chi connectivity index (χ3v) is 4.66. The lowest BCUT2D eigenvalue weighted by Crippen LogP contribution is -2.36. The molecule has 1 aromatic heterocycles. The SMILES string of the molecule is CC1=C(Br)CN(C(=O)c2ccn(-c3ccc(F)cc3)n2)CC1. The standard InChI is InChI=1S/C16H15BrFN3O/c1-11-6-8-20(10-14(11)17)16(22)15-7-9-21(19-15)13-4-2-12(18)3-5-13/h2-5,7,9H,6,8,10H2,1H3. The van der Waals surface area contributed by atoms with E-state index in [2.05, 4.69) is 28.0 Å². The summed E-state index contributed by atoms with van der Waals surface area (Å²) in [6.07, 6.45) is 2.57. The van der Waals surface area contributed by atoms with Gasteiger partial charge in [0.15, 0.2) is 5.69 Å². The molecule has 4 nitrogen and oxygen atoms in total. The van der Waals surface area contributed by atoms with Crippen molar-refractivity contribution in [2.24, 2.45) is 0 Å². The smallest absolute Gasteiger partial charge is 0.274 e. The van der Waals surface area contributed by atoms with Gasteiger partial charge in [0.05, 0.1) is 12.2 Å². The van der Waals surface area contributed by atoms with E-state index < -0.39 is 0 Å². The summed E-state index contributed by atoms with van der Waals surface area (Å²) in [5.74, 6) is -0.391. The van der Waals surface area contributed by atoms with Gasteiger partial charge in [-0.2, -0.15) is 5.10 Å². The molecule has 1 aliphatic heterocycles. The van der Waals surface area contributed by atoms with Crippen LogP contribution in [-0.2, 0) is 0 Å². The third-order valence-electron chi connectivity index (χ3n) is 3.74. The summed E-state index contributed by atoms with van der Waals surface area (Å²) in [5.41, 5.74) is 2.39. The van der Waals surface area contributed by atoms with Crippen LogP contribution >= 0.6 is 15.9 Å². The minimum absolute atomic E-state index is 0.0923. The molecule has 2 heterocycles. The Balaban J connectivity index is 1.79. The minimum atomic E-state index is -0.299. The summed E-state index contributed by atoms with van der Waals surface area (Å²) < 4.78 is 15.6. The molecule has 1 aromatic carbocycles. The number of hydrogen-bond acceptors (Lipinski definition) is 2. The van der Waals surface area contributed by atoms with Crippen LogP contribution in [0.5, 0.6) is 0 Å². The first-order valence-electron chi connectivity index (χ1n) is 6.99. The molecule has 0 saturated heterocycles. The highest BCUT2D eigenvalue weighted by atomic mass is 79.9. The monoisotopic (exact) mass is 363 g/mol. The lowest BCUT2D eigenvalue weighted by Gasteiger charge is -2.27. The van der Waals surface area contributed by atoms with E-state index in [1.165, 1.54) is 17.7 Å². The maximum absolute atomic E-state index is 12.9. The Kier molecular flexibility index (Phi) is 4.11. The predicted molar refractivity (Wildman–Crippen MR) is 85.7 cm³/mol. The molecule has 2 aromatic rings. The van der Waals surface area contributed by atoms with Gasteiger partial charge in [-0.3, -0.25) is 4.79 Å². The quantitative estimate of drug-likeness (QED) is 0.818. The van der Waals surface area contributed by atoms with Crippen molar-refractivity contribution in [1.29, 1.82) is 0 Å². The molecule has 0 spiro atoms. The zero-order valence-electron chi connectivity index (χ0n) is 12.1. The molecule has 1 aliphatic rings. The van der Waals surface area contributed by atoms with Gasteiger partial charge in [0.1, 0.15) is 5.82 Å². The molecule has 0 unspecified atom stereocenters. The molecule has 0 aliphatic carbocycles. The van der Waals surface area contributed by atoms with Gasteiger partial charge in [0, 0.05) is 17.2 Å². The summed E-state index contributed by atoms with van der Waals surface area (Å²) in [6.45, 7) is 3.34. The minimum Gasteiger partial charge on any atom is -0.332 e. The molecule has 22 heavy (non-hydrogen) atoms. The van der Waals surface area contributed by atoms with Crippen molar-refractivity contribution >= 4 is 21.8 Å². The lowest BCUT2D eigenvalue weighted by molar-refractivity contribution is 0.0761. The fraction of sp³-hybridized carbons (Fsp3) is 0.250. The van der Waals surface area contributed by atoms with E-state index in [4.69, 9.17) is 0 Å². The van der Waals surface area contributed by atoms with E-state index in [1.807, 2.05) is 0 Å². The van der Waals surface area contributed by atoms with Crippen LogP contribution in [0.1, 0.15) is 23.8 Å². The van der Waals surface area contributed by atoms with E-state index >= 15 is 0 Å². The number of nitrogens with zero attached hydrogens (tertiary/aromatic N) is 3. The average molecular weight is 364 g/mol. The maximum atomic E-state index is 12.9. The topological polar surface area (TPSA) is 38.1 Å². The van der Waals surface area contributed by atoms with E-state index in [9.17, 15) is 9.18 Å². The Morgan fingerprint density at radius 2 is 2.00 bits per heavy atom. The zero-order valence-corrected chi connectivity index (χ0v) is 13.7. The van der Waals surface area contributed by atoms with Gasteiger partial charge < -0.3 is 4.90 Å². The van der Waals surface area contributed by atoms with Crippen LogP contribution in [-0.4, -0.2) is 33.7 Å². The Morgan fingerprint density at radius 1 is 1.27 bits per heavy atom. The first-order chi connectivity index (χ1) is 10.5. The highest BCUT2D eigenvalue weighted by Gasteiger charge is 2.22. The van der Waals surface area contributed by atoms with E-state index in [1.54, 1.807) is 34.0 Å². The largest absolute Gasteiger partial charge is 0.332 e. The fourth-order valence-electron chi connectivity index (χ4n) is 2.33. The molecule has 0 radical (unpaired) electrons. The van der Waals surface area contributed by atoms with Crippen LogP contribution in [0, 0.1) is 5.82 Å². The number of amides is 1. The second kappa shape index (κ2) is 6.04. The number of aromatic nitrogens is 2.